The lowest BCUT2D eigenvalue weighted by atomic mass is 10.1. The Hall–Kier alpha value is -4.71. The minimum atomic E-state index is -0.162. The van der Waals surface area contributed by atoms with Gasteiger partial charge in [-0.15, -0.1) is 0 Å². The van der Waals surface area contributed by atoms with E-state index in [4.69, 9.17) is 25.4 Å². The predicted molar refractivity (Wildman–Crippen MR) is 135 cm³/mol. The molecule has 0 aliphatic carbocycles. The molecular weight excluding hydrogens is 428 g/mol. The van der Waals surface area contributed by atoms with Crippen LogP contribution in [0.15, 0.2) is 100 Å². The Balaban J connectivity index is 1.69. The molecule has 5 rings (SSSR count). The van der Waals surface area contributed by atoms with Crippen molar-refractivity contribution in [3.63, 3.8) is 0 Å². The van der Waals surface area contributed by atoms with Crippen molar-refractivity contribution in [2.75, 3.05) is 11.5 Å². The molecule has 1 aromatic heterocycles. The molecule has 0 spiro atoms. The Kier molecular flexibility index (Phi) is 5.40. The number of ether oxygens (including phenoxy) is 2. The number of fused-ring (bicyclic) bond motifs is 1. The van der Waals surface area contributed by atoms with E-state index in [-0.39, 0.29) is 5.43 Å². The summed E-state index contributed by atoms with van der Waals surface area (Å²) >= 11 is 0. The van der Waals surface area contributed by atoms with Gasteiger partial charge < -0.3 is 25.4 Å². The zero-order valence-electron chi connectivity index (χ0n) is 18.4. The number of nitrogens with two attached hydrogens (primary N) is 2. The Labute approximate surface area is 196 Å². The first-order chi connectivity index (χ1) is 16.5. The van der Waals surface area contributed by atoms with E-state index in [1.54, 1.807) is 67.6 Å². The summed E-state index contributed by atoms with van der Waals surface area (Å²) in [6, 6.07) is 26.8. The van der Waals surface area contributed by atoms with Gasteiger partial charge in [-0.2, -0.15) is 0 Å². The molecule has 0 unspecified atom stereocenters. The average molecular weight is 450 g/mol. The molecule has 4 N–H and O–H groups in total. The Morgan fingerprint density at radius 2 is 1.29 bits per heavy atom. The molecule has 6 nitrogen and oxygen atoms in total. The number of benzene rings is 4. The van der Waals surface area contributed by atoms with Crippen LogP contribution in [0.1, 0.15) is 5.56 Å². The highest BCUT2D eigenvalue weighted by molar-refractivity contribution is 5.87. The van der Waals surface area contributed by atoms with Crippen LogP contribution in [0.4, 0.5) is 11.4 Å². The predicted octanol–water partition coefficient (Wildman–Crippen LogP) is 6.52. The van der Waals surface area contributed by atoms with Crippen molar-refractivity contribution in [3.8, 4) is 34.3 Å². The maximum absolute atomic E-state index is 13.4. The lowest BCUT2D eigenvalue weighted by Gasteiger charge is -2.14. The standard InChI is InChI=1S/C28H22N2O4/c1-17-26(31)24-15-23(32-21-11-7-19(29)8-12-21)16-25(33-22-13-9-20(30)10-14-22)28(24)34-27(17)18-5-3-2-4-6-18/h2-16H,29-30H2,1H3. The second-order valence-corrected chi connectivity index (χ2v) is 7.89. The second kappa shape index (κ2) is 8.67. The molecule has 0 aliphatic heterocycles. The number of nitrogen functional groups attached to an aromatic ring is 2. The molecule has 0 amide bonds. The van der Waals surface area contributed by atoms with Crippen LogP contribution >= 0.6 is 0 Å². The van der Waals surface area contributed by atoms with Gasteiger partial charge in [-0.25, -0.2) is 0 Å². The highest BCUT2D eigenvalue weighted by Gasteiger charge is 2.18. The van der Waals surface area contributed by atoms with Crippen molar-refractivity contribution in [2.45, 2.75) is 6.92 Å². The van der Waals surface area contributed by atoms with E-state index >= 15 is 0 Å². The molecule has 5 aromatic rings. The van der Waals surface area contributed by atoms with E-state index < -0.39 is 0 Å². The second-order valence-electron chi connectivity index (χ2n) is 7.89. The minimum Gasteiger partial charge on any atom is -0.457 e. The molecule has 0 bridgehead atoms. The van der Waals surface area contributed by atoms with Crippen LogP contribution in [0.25, 0.3) is 22.3 Å². The molecule has 0 atom stereocenters. The fourth-order valence-corrected chi connectivity index (χ4v) is 3.67. The van der Waals surface area contributed by atoms with E-state index in [0.29, 0.717) is 56.7 Å². The van der Waals surface area contributed by atoms with E-state index in [2.05, 4.69) is 0 Å². The molecule has 6 heteroatoms. The lowest BCUT2D eigenvalue weighted by molar-refractivity contribution is 0.455. The molecule has 1 heterocycles. The quantitative estimate of drug-likeness (QED) is 0.296. The number of hydrogen-bond acceptors (Lipinski definition) is 6. The third kappa shape index (κ3) is 4.17. The highest BCUT2D eigenvalue weighted by atomic mass is 16.5. The molecule has 4 aromatic carbocycles. The lowest BCUT2D eigenvalue weighted by Crippen LogP contribution is -2.08. The first-order valence-corrected chi connectivity index (χ1v) is 10.7. The van der Waals surface area contributed by atoms with Crippen molar-refractivity contribution in [1.82, 2.24) is 0 Å². The van der Waals surface area contributed by atoms with Gasteiger partial charge in [-0.1, -0.05) is 30.3 Å². The molecule has 0 fully saturated rings. The minimum absolute atomic E-state index is 0.162. The number of hydrogen-bond donors (Lipinski definition) is 2. The van der Waals surface area contributed by atoms with Crippen LogP contribution in [0.2, 0.25) is 0 Å². The van der Waals surface area contributed by atoms with E-state index in [1.165, 1.54) is 0 Å². The van der Waals surface area contributed by atoms with Gasteiger partial charge in [-0.3, -0.25) is 4.79 Å². The van der Waals surface area contributed by atoms with Crippen molar-refractivity contribution < 1.29 is 13.9 Å². The maximum Gasteiger partial charge on any atom is 0.196 e. The maximum atomic E-state index is 13.4. The van der Waals surface area contributed by atoms with Gasteiger partial charge in [-0.05, 0) is 61.5 Å². The molecule has 0 radical (unpaired) electrons. The highest BCUT2D eigenvalue weighted by Crippen LogP contribution is 2.38. The van der Waals surface area contributed by atoms with Crippen molar-refractivity contribution in [2.24, 2.45) is 0 Å². The van der Waals surface area contributed by atoms with Crippen molar-refractivity contribution >= 4 is 22.3 Å². The molecule has 0 saturated heterocycles. The normalized spacial score (nSPS) is 10.9. The van der Waals surface area contributed by atoms with Crippen LogP contribution in [0.5, 0.6) is 23.0 Å². The first kappa shape index (κ1) is 21.2. The van der Waals surface area contributed by atoms with Crippen LogP contribution in [-0.2, 0) is 0 Å². The third-order valence-corrected chi connectivity index (χ3v) is 5.42. The van der Waals surface area contributed by atoms with Crippen LogP contribution < -0.4 is 26.4 Å². The zero-order chi connectivity index (χ0) is 23.7. The molecule has 34 heavy (non-hydrogen) atoms. The van der Waals surface area contributed by atoms with Crippen LogP contribution in [-0.4, -0.2) is 0 Å². The fraction of sp³-hybridized carbons (Fsp3) is 0.0357. The van der Waals surface area contributed by atoms with Gasteiger partial charge in [0.1, 0.15) is 23.0 Å². The average Bonchev–Trinajstić information content (AvgIpc) is 2.85. The topological polar surface area (TPSA) is 101 Å². The summed E-state index contributed by atoms with van der Waals surface area (Å²) < 4.78 is 18.4. The summed E-state index contributed by atoms with van der Waals surface area (Å²) in [5.41, 5.74) is 14.3. The smallest absolute Gasteiger partial charge is 0.196 e. The van der Waals surface area contributed by atoms with Crippen LogP contribution in [0.3, 0.4) is 0 Å². The SMILES string of the molecule is Cc1c(-c2ccccc2)oc2c(Oc3ccc(N)cc3)cc(Oc3ccc(N)cc3)cc2c1=O. The van der Waals surface area contributed by atoms with Gasteiger partial charge in [0.25, 0.3) is 0 Å². The van der Waals surface area contributed by atoms with Gasteiger partial charge in [0.2, 0.25) is 0 Å². The van der Waals surface area contributed by atoms with Gasteiger partial charge in [0.05, 0.1) is 5.39 Å². The summed E-state index contributed by atoms with van der Waals surface area (Å²) in [6.45, 7) is 1.75. The zero-order valence-corrected chi connectivity index (χ0v) is 18.4. The van der Waals surface area contributed by atoms with E-state index in [9.17, 15) is 4.79 Å². The van der Waals surface area contributed by atoms with E-state index in [1.807, 2.05) is 30.3 Å². The summed E-state index contributed by atoms with van der Waals surface area (Å²) in [6.07, 6.45) is 0. The molecular formula is C28H22N2O4. The molecule has 0 aliphatic rings. The summed E-state index contributed by atoms with van der Waals surface area (Å²) in [5, 5.41) is 0.357. The van der Waals surface area contributed by atoms with Gasteiger partial charge >= 0.3 is 0 Å². The largest absolute Gasteiger partial charge is 0.457 e. The summed E-state index contributed by atoms with van der Waals surface area (Å²) in [4.78, 5) is 13.4. The third-order valence-electron chi connectivity index (χ3n) is 5.42. The Morgan fingerprint density at radius 1 is 0.706 bits per heavy atom. The number of anilines is 2. The summed E-state index contributed by atoms with van der Waals surface area (Å²) in [5.74, 6) is 2.40. The molecule has 0 saturated carbocycles. The Morgan fingerprint density at radius 3 is 1.91 bits per heavy atom. The monoisotopic (exact) mass is 450 g/mol. The van der Waals surface area contributed by atoms with Gasteiger partial charge in [0.15, 0.2) is 16.8 Å². The summed E-state index contributed by atoms with van der Waals surface area (Å²) in [7, 11) is 0. The first-order valence-electron chi connectivity index (χ1n) is 10.7. The fourth-order valence-electron chi connectivity index (χ4n) is 3.67. The molecule has 168 valence electrons. The van der Waals surface area contributed by atoms with E-state index in [0.717, 1.165) is 5.56 Å². The Bertz CT molecular complexity index is 1520. The van der Waals surface area contributed by atoms with Crippen molar-refractivity contribution in [3.05, 3.63) is 107 Å². The van der Waals surface area contributed by atoms with Gasteiger partial charge in [0, 0.05) is 28.6 Å². The number of rotatable bonds is 5. The van der Waals surface area contributed by atoms with Crippen LogP contribution in [0, 0.1) is 6.92 Å². The van der Waals surface area contributed by atoms with Crippen molar-refractivity contribution in [1.29, 1.82) is 0 Å².